The van der Waals surface area contributed by atoms with Crippen molar-refractivity contribution in [3.05, 3.63) is 23.3 Å². The summed E-state index contributed by atoms with van der Waals surface area (Å²) in [5, 5.41) is 8.57. The third-order valence-corrected chi connectivity index (χ3v) is 1.83. The van der Waals surface area contributed by atoms with Crippen LogP contribution in [0.4, 0.5) is 0 Å². The summed E-state index contributed by atoms with van der Waals surface area (Å²) in [6.45, 7) is 2.04. The number of hydrogen-bond donors (Lipinski definition) is 0. The summed E-state index contributed by atoms with van der Waals surface area (Å²) in [7, 11) is 0. The Morgan fingerprint density at radius 3 is 2.82 bits per heavy atom. The van der Waals surface area contributed by atoms with Gasteiger partial charge in [0.15, 0.2) is 0 Å². The van der Waals surface area contributed by atoms with Crippen LogP contribution in [0.2, 0.25) is 0 Å². The van der Waals surface area contributed by atoms with Crippen LogP contribution in [0.1, 0.15) is 13.3 Å². The van der Waals surface area contributed by atoms with Gasteiger partial charge in [-0.15, -0.1) is 6.42 Å². The molecule has 0 bridgehead atoms. The van der Waals surface area contributed by atoms with Crippen LogP contribution in [0.3, 0.4) is 0 Å². The third kappa shape index (κ3) is 1.51. The molecule has 54 valence electrons. The van der Waals surface area contributed by atoms with Crippen molar-refractivity contribution in [2.45, 2.75) is 13.3 Å². The van der Waals surface area contributed by atoms with Crippen molar-refractivity contribution in [3.63, 3.8) is 0 Å². The Balaban J connectivity index is 2.90. The Morgan fingerprint density at radius 2 is 2.36 bits per heavy atom. The summed E-state index contributed by atoms with van der Waals surface area (Å²) < 4.78 is 0. The number of allylic oxidation sites excluding steroid dienone is 4. The minimum atomic E-state index is 0.333. The number of rotatable bonds is 0. The van der Waals surface area contributed by atoms with E-state index in [1.807, 2.05) is 13.0 Å². The number of nitriles is 1. The highest BCUT2D eigenvalue weighted by atomic mass is 14.3. The minimum absolute atomic E-state index is 0.333. The van der Waals surface area contributed by atoms with Gasteiger partial charge >= 0.3 is 0 Å². The van der Waals surface area contributed by atoms with E-state index in [2.05, 4.69) is 12.0 Å². The summed E-state index contributed by atoms with van der Waals surface area (Å²) in [6, 6.07) is 2.13. The first-order valence-electron chi connectivity index (χ1n) is 3.55. The Morgan fingerprint density at radius 1 is 1.64 bits per heavy atom. The molecule has 0 fully saturated rings. The smallest absolute Gasteiger partial charge is 0.0947 e. The number of nitrogens with zero attached hydrogens (tertiary/aromatic N) is 1. The van der Waals surface area contributed by atoms with E-state index in [9.17, 15) is 0 Å². The average Bonchev–Trinajstić information content (AvgIpc) is 2.04. The molecule has 0 aliphatic heterocycles. The second-order valence-corrected chi connectivity index (χ2v) is 2.68. The fourth-order valence-corrected chi connectivity index (χ4v) is 1.14. The van der Waals surface area contributed by atoms with Gasteiger partial charge in [-0.05, 0) is 24.5 Å². The first-order valence-corrected chi connectivity index (χ1v) is 3.55. The molecule has 0 heterocycles. The zero-order valence-corrected chi connectivity index (χ0v) is 6.46. The lowest BCUT2D eigenvalue weighted by atomic mass is 9.89. The molecule has 0 N–H and O–H groups in total. The molecule has 1 nitrogen and oxygen atoms in total. The SMILES string of the molecule is C#CC1=CC=C(C#N)CC1C. The Kier molecular flexibility index (Phi) is 2.14. The third-order valence-electron chi connectivity index (χ3n) is 1.83. The van der Waals surface area contributed by atoms with Crippen molar-refractivity contribution in [1.82, 2.24) is 0 Å². The highest BCUT2D eigenvalue weighted by molar-refractivity contribution is 5.40. The van der Waals surface area contributed by atoms with E-state index in [0.717, 1.165) is 17.6 Å². The molecule has 0 amide bonds. The first kappa shape index (κ1) is 7.63. The van der Waals surface area contributed by atoms with Crippen LogP contribution in [0.5, 0.6) is 0 Å². The number of hydrogen-bond acceptors (Lipinski definition) is 1. The molecule has 0 saturated heterocycles. The molecule has 0 aromatic heterocycles. The van der Waals surface area contributed by atoms with Gasteiger partial charge in [-0.2, -0.15) is 5.26 Å². The van der Waals surface area contributed by atoms with Crippen molar-refractivity contribution >= 4 is 0 Å². The van der Waals surface area contributed by atoms with Crippen LogP contribution in [0, 0.1) is 29.6 Å². The summed E-state index contributed by atoms with van der Waals surface area (Å²) in [5.74, 6) is 2.94. The van der Waals surface area contributed by atoms with Gasteiger partial charge in [0.2, 0.25) is 0 Å². The molecule has 0 radical (unpaired) electrons. The molecule has 1 atom stereocenters. The lowest BCUT2D eigenvalue weighted by Gasteiger charge is -2.13. The van der Waals surface area contributed by atoms with Gasteiger partial charge in [-0.1, -0.05) is 12.8 Å². The highest BCUT2D eigenvalue weighted by Crippen LogP contribution is 2.23. The second-order valence-electron chi connectivity index (χ2n) is 2.68. The maximum absolute atomic E-state index is 8.57. The Bertz CT molecular complexity index is 294. The predicted octanol–water partition coefficient (Wildman–Crippen LogP) is 2.04. The molecule has 0 spiro atoms. The van der Waals surface area contributed by atoms with Crippen LogP contribution >= 0.6 is 0 Å². The van der Waals surface area contributed by atoms with Crippen LogP contribution in [-0.4, -0.2) is 0 Å². The molecule has 1 aliphatic rings. The lowest BCUT2D eigenvalue weighted by Crippen LogP contribution is -2.02. The lowest BCUT2D eigenvalue weighted by molar-refractivity contribution is 0.694. The van der Waals surface area contributed by atoms with E-state index in [1.165, 1.54) is 0 Å². The van der Waals surface area contributed by atoms with Crippen LogP contribution in [0.25, 0.3) is 0 Å². The van der Waals surface area contributed by atoms with Crippen molar-refractivity contribution in [2.75, 3.05) is 0 Å². The van der Waals surface area contributed by atoms with Gasteiger partial charge in [0.1, 0.15) is 0 Å². The Hall–Kier alpha value is -1.47. The standard InChI is InChI=1S/C10H9N/c1-3-10-5-4-9(7-11)6-8(10)2/h1,4-5,8H,6H2,2H3. The van der Waals surface area contributed by atoms with E-state index < -0.39 is 0 Å². The van der Waals surface area contributed by atoms with Crippen LogP contribution < -0.4 is 0 Å². The first-order chi connectivity index (χ1) is 5.27. The fraction of sp³-hybridized carbons (Fsp3) is 0.300. The quantitative estimate of drug-likeness (QED) is 0.476. The topological polar surface area (TPSA) is 23.8 Å². The Labute approximate surface area is 67.0 Å². The monoisotopic (exact) mass is 143 g/mol. The van der Waals surface area contributed by atoms with Gasteiger partial charge in [-0.3, -0.25) is 0 Å². The van der Waals surface area contributed by atoms with Crippen LogP contribution in [-0.2, 0) is 0 Å². The maximum Gasteiger partial charge on any atom is 0.0947 e. The van der Waals surface area contributed by atoms with Gasteiger partial charge < -0.3 is 0 Å². The normalized spacial score (nSPS) is 22.6. The zero-order chi connectivity index (χ0) is 8.27. The minimum Gasteiger partial charge on any atom is -0.193 e. The summed E-state index contributed by atoms with van der Waals surface area (Å²) in [6.07, 6.45) is 9.69. The van der Waals surface area contributed by atoms with Gasteiger partial charge in [0, 0.05) is 11.1 Å². The van der Waals surface area contributed by atoms with E-state index in [-0.39, 0.29) is 0 Å². The molecular weight excluding hydrogens is 134 g/mol. The van der Waals surface area contributed by atoms with Gasteiger partial charge in [-0.25, -0.2) is 0 Å². The van der Waals surface area contributed by atoms with Crippen molar-refractivity contribution in [1.29, 1.82) is 5.26 Å². The van der Waals surface area contributed by atoms with Crippen molar-refractivity contribution in [3.8, 4) is 18.4 Å². The summed E-state index contributed by atoms with van der Waals surface area (Å²) in [4.78, 5) is 0. The van der Waals surface area contributed by atoms with Crippen molar-refractivity contribution < 1.29 is 0 Å². The molecule has 1 heteroatoms. The van der Waals surface area contributed by atoms with Gasteiger partial charge in [0.25, 0.3) is 0 Å². The van der Waals surface area contributed by atoms with Crippen LogP contribution in [0.15, 0.2) is 23.3 Å². The van der Waals surface area contributed by atoms with E-state index in [0.29, 0.717) is 5.92 Å². The van der Waals surface area contributed by atoms with Gasteiger partial charge in [0.05, 0.1) is 6.07 Å². The van der Waals surface area contributed by atoms with E-state index in [4.69, 9.17) is 11.7 Å². The molecule has 11 heavy (non-hydrogen) atoms. The molecular formula is C10H9N. The molecule has 1 unspecified atom stereocenters. The zero-order valence-electron chi connectivity index (χ0n) is 6.46. The van der Waals surface area contributed by atoms with Crippen molar-refractivity contribution in [2.24, 2.45) is 5.92 Å². The fourth-order valence-electron chi connectivity index (χ4n) is 1.14. The number of terminal acetylenes is 1. The predicted molar refractivity (Wildman–Crippen MR) is 44.4 cm³/mol. The van der Waals surface area contributed by atoms with E-state index in [1.54, 1.807) is 6.08 Å². The largest absolute Gasteiger partial charge is 0.193 e. The summed E-state index contributed by atoms with van der Waals surface area (Å²) >= 11 is 0. The highest BCUT2D eigenvalue weighted by Gasteiger charge is 2.12. The average molecular weight is 143 g/mol. The maximum atomic E-state index is 8.57. The summed E-state index contributed by atoms with van der Waals surface area (Å²) in [5.41, 5.74) is 1.81. The molecule has 1 aliphatic carbocycles. The molecule has 1 rings (SSSR count). The second kappa shape index (κ2) is 3.08. The molecule has 0 saturated carbocycles. The molecule has 0 aromatic carbocycles. The molecule has 0 aromatic rings. The van der Waals surface area contributed by atoms with E-state index >= 15 is 0 Å².